The summed E-state index contributed by atoms with van der Waals surface area (Å²) in [6.07, 6.45) is 0. The lowest BCUT2D eigenvalue weighted by Gasteiger charge is -2.07. The van der Waals surface area contributed by atoms with Crippen molar-refractivity contribution in [2.24, 2.45) is 7.05 Å². The highest BCUT2D eigenvalue weighted by atomic mass is 16.5. The maximum atomic E-state index is 12.8. The van der Waals surface area contributed by atoms with Crippen LogP contribution in [0.5, 0.6) is 5.75 Å². The van der Waals surface area contributed by atoms with Crippen molar-refractivity contribution in [1.82, 2.24) is 25.2 Å². The zero-order valence-electron chi connectivity index (χ0n) is 17.8. The van der Waals surface area contributed by atoms with E-state index >= 15 is 0 Å². The molecular formula is C23H23N5O3. The van der Waals surface area contributed by atoms with Crippen LogP contribution in [0.1, 0.15) is 34.9 Å². The molecule has 31 heavy (non-hydrogen) atoms. The summed E-state index contributed by atoms with van der Waals surface area (Å²) in [5.41, 5.74) is 4.02. The number of benzene rings is 2. The molecule has 1 N–H and O–H groups in total. The standard InChI is InChI=1S/C23H23N5O3/c1-14-6-5-7-17(12-14)21-25-23(31-27-21)15(2)24-22(29)19-13-20(28(3)26-19)16-8-10-18(30-4)11-9-16/h5-13,15H,1-4H3,(H,24,29)/t15-/m0/s1. The van der Waals surface area contributed by atoms with E-state index in [1.807, 2.05) is 55.5 Å². The van der Waals surface area contributed by atoms with Crippen molar-refractivity contribution in [3.8, 4) is 28.4 Å². The summed E-state index contributed by atoms with van der Waals surface area (Å²) in [7, 11) is 3.42. The van der Waals surface area contributed by atoms with Gasteiger partial charge in [0.15, 0.2) is 5.69 Å². The molecule has 1 atom stereocenters. The second kappa shape index (κ2) is 8.43. The number of nitrogens with one attached hydrogen (secondary N) is 1. The predicted molar refractivity (Wildman–Crippen MR) is 116 cm³/mol. The van der Waals surface area contributed by atoms with Gasteiger partial charge in [-0.15, -0.1) is 0 Å². The Balaban J connectivity index is 1.48. The maximum Gasteiger partial charge on any atom is 0.272 e. The molecule has 1 amide bonds. The fourth-order valence-corrected chi connectivity index (χ4v) is 3.25. The van der Waals surface area contributed by atoms with Crippen LogP contribution in [-0.2, 0) is 7.05 Å². The van der Waals surface area contributed by atoms with Gasteiger partial charge in [0.1, 0.15) is 11.8 Å². The summed E-state index contributed by atoms with van der Waals surface area (Å²) in [5, 5.41) is 11.2. The molecule has 8 nitrogen and oxygen atoms in total. The Labute approximate surface area is 179 Å². The van der Waals surface area contributed by atoms with E-state index in [0.717, 1.165) is 28.1 Å². The molecule has 0 radical (unpaired) electrons. The third-order valence-electron chi connectivity index (χ3n) is 4.93. The molecule has 0 unspecified atom stereocenters. The molecule has 0 aliphatic rings. The third kappa shape index (κ3) is 4.32. The van der Waals surface area contributed by atoms with Gasteiger partial charge in [0, 0.05) is 18.2 Å². The van der Waals surface area contributed by atoms with Crippen LogP contribution in [0.15, 0.2) is 59.1 Å². The van der Waals surface area contributed by atoms with Crippen molar-refractivity contribution in [1.29, 1.82) is 0 Å². The second-order valence-electron chi connectivity index (χ2n) is 7.29. The summed E-state index contributed by atoms with van der Waals surface area (Å²) in [4.78, 5) is 17.2. The van der Waals surface area contributed by atoms with E-state index in [9.17, 15) is 4.79 Å². The van der Waals surface area contributed by atoms with Gasteiger partial charge in [-0.3, -0.25) is 9.48 Å². The molecule has 0 spiro atoms. The van der Waals surface area contributed by atoms with E-state index in [1.165, 1.54) is 0 Å². The molecule has 2 heterocycles. The molecule has 0 aliphatic heterocycles. The van der Waals surface area contributed by atoms with Crippen molar-refractivity contribution in [2.45, 2.75) is 19.9 Å². The monoisotopic (exact) mass is 417 g/mol. The van der Waals surface area contributed by atoms with Gasteiger partial charge in [0.2, 0.25) is 11.7 Å². The average Bonchev–Trinajstić information content (AvgIpc) is 3.41. The van der Waals surface area contributed by atoms with Crippen LogP contribution in [0.2, 0.25) is 0 Å². The Morgan fingerprint density at radius 3 is 2.61 bits per heavy atom. The largest absolute Gasteiger partial charge is 0.497 e. The minimum absolute atomic E-state index is 0.304. The molecule has 0 saturated carbocycles. The highest BCUT2D eigenvalue weighted by Gasteiger charge is 2.21. The summed E-state index contributed by atoms with van der Waals surface area (Å²) >= 11 is 0. The van der Waals surface area contributed by atoms with Crippen molar-refractivity contribution < 1.29 is 14.1 Å². The lowest BCUT2D eigenvalue weighted by Crippen LogP contribution is -2.27. The Bertz CT molecular complexity index is 1210. The molecule has 2 aromatic heterocycles. The number of aromatic nitrogens is 4. The molecular weight excluding hydrogens is 394 g/mol. The first-order valence-electron chi connectivity index (χ1n) is 9.84. The van der Waals surface area contributed by atoms with Crippen LogP contribution in [0.25, 0.3) is 22.6 Å². The number of carbonyl (C=O) groups is 1. The first-order valence-corrected chi connectivity index (χ1v) is 9.84. The second-order valence-corrected chi connectivity index (χ2v) is 7.29. The van der Waals surface area contributed by atoms with Gasteiger partial charge >= 0.3 is 0 Å². The minimum atomic E-state index is -0.468. The molecule has 0 bridgehead atoms. The Morgan fingerprint density at radius 2 is 1.90 bits per heavy atom. The summed E-state index contributed by atoms with van der Waals surface area (Å²) in [5.74, 6) is 1.26. The lowest BCUT2D eigenvalue weighted by molar-refractivity contribution is 0.0926. The van der Waals surface area contributed by atoms with E-state index in [0.29, 0.717) is 17.4 Å². The normalized spacial score (nSPS) is 11.9. The first-order chi connectivity index (χ1) is 14.9. The Kier molecular flexibility index (Phi) is 5.53. The number of nitrogens with zero attached hydrogens (tertiary/aromatic N) is 4. The number of hydrogen-bond acceptors (Lipinski definition) is 6. The van der Waals surface area contributed by atoms with Crippen molar-refractivity contribution >= 4 is 5.91 Å². The van der Waals surface area contributed by atoms with Gasteiger partial charge in [-0.2, -0.15) is 10.1 Å². The number of carbonyl (C=O) groups excluding carboxylic acids is 1. The third-order valence-corrected chi connectivity index (χ3v) is 4.93. The Hall–Kier alpha value is -3.94. The molecule has 4 aromatic rings. The first kappa shape index (κ1) is 20.3. The van der Waals surface area contributed by atoms with E-state index in [1.54, 1.807) is 31.8 Å². The van der Waals surface area contributed by atoms with Gasteiger partial charge < -0.3 is 14.6 Å². The van der Waals surface area contributed by atoms with Crippen LogP contribution in [-0.4, -0.2) is 32.9 Å². The topological polar surface area (TPSA) is 95.1 Å². The van der Waals surface area contributed by atoms with Crippen LogP contribution in [0, 0.1) is 6.92 Å². The Morgan fingerprint density at radius 1 is 1.13 bits per heavy atom. The van der Waals surface area contributed by atoms with E-state index in [2.05, 4.69) is 20.6 Å². The molecule has 0 fully saturated rings. The van der Waals surface area contributed by atoms with Crippen molar-refractivity contribution in [2.75, 3.05) is 7.11 Å². The summed E-state index contributed by atoms with van der Waals surface area (Å²) < 4.78 is 12.2. The van der Waals surface area contributed by atoms with E-state index in [4.69, 9.17) is 9.26 Å². The molecule has 158 valence electrons. The van der Waals surface area contributed by atoms with E-state index < -0.39 is 6.04 Å². The number of ether oxygens (including phenoxy) is 1. The van der Waals surface area contributed by atoms with Gasteiger partial charge in [0.05, 0.1) is 12.8 Å². The fourth-order valence-electron chi connectivity index (χ4n) is 3.25. The average molecular weight is 417 g/mol. The van der Waals surface area contributed by atoms with Gasteiger partial charge in [-0.05, 0) is 50.2 Å². The maximum absolute atomic E-state index is 12.8. The predicted octanol–water partition coefficient (Wildman–Crippen LogP) is 3.95. The number of hydrogen-bond donors (Lipinski definition) is 1. The quantitative estimate of drug-likeness (QED) is 0.510. The lowest BCUT2D eigenvalue weighted by atomic mass is 10.1. The summed E-state index contributed by atoms with van der Waals surface area (Å²) in [6.45, 7) is 3.79. The van der Waals surface area contributed by atoms with Crippen LogP contribution < -0.4 is 10.1 Å². The zero-order chi connectivity index (χ0) is 22.0. The fraction of sp³-hybridized carbons (Fsp3) is 0.217. The molecule has 8 heteroatoms. The number of aryl methyl sites for hydroxylation is 2. The smallest absolute Gasteiger partial charge is 0.272 e. The number of methoxy groups -OCH3 is 1. The minimum Gasteiger partial charge on any atom is -0.497 e. The van der Waals surface area contributed by atoms with E-state index in [-0.39, 0.29) is 5.91 Å². The van der Waals surface area contributed by atoms with Crippen LogP contribution in [0.3, 0.4) is 0 Å². The zero-order valence-corrected chi connectivity index (χ0v) is 17.8. The SMILES string of the molecule is COc1ccc(-c2cc(C(=O)N[C@@H](C)c3nc(-c4cccc(C)c4)no3)nn2C)cc1. The van der Waals surface area contributed by atoms with Gasteiger partial charge in [-0.1, -0.05) is 28.9 Å². The number of amides is 1. The molecule has 2 aromatic carbocycles. The van der Waals surface area contributed by atoms with Gasteiger partial charge in [0.25, 0.3) is 5.91 Å². The molecule has 4 rings (SSSR count). The van der Waals surface area contributed by atoms with Crippen LogP contribution >= 0.6 is 0 Å². The van der Waals surface area contributed by atoms with Gasteiger partial charge in [-0.25, -0.2) is 0 Å². The van der Waals surface area contributed by atoms with Crippen molar-refractivity contribution in [3.05, 3.63) is 71.7 Å². The highest BCUT2D eigenvalue weighted by molar-refractivity contribution is 5.93. The summed E-state index contributed by atoms with van der Waals surface area (Å²) in [6, 6.07) is 16.7. The number of rotatable bonds is 6. The van der Waals surface area contributed by atoms with Crippen LogP contribution in [0.4, 0.5) is 0 Å². The molecule has 0 aliphatic carbocycles. The van der Waals surface area contributed by atoms with Crippen molar-refractivity contribution in [3.63, 3.8) is 0 Å². The molecule has 0 saturated heterocycles. The highest BCUT2D eigenvalue weighted by Crippen LogP contribution is 2.24.